The molecule has 1 atom stereocenters. The van der Waals surface area contributed by atoms with E-state index in [0.717, 1.165) is 12.8 Å². The van der Waals surface area contributed by atoms with Gasteiger partial charge >= 0.3 is 0 Å². The molecule has 0 saturated carbocycles. The van der Waals surface area contributed by atoms with Crippen molar-refractivity contribution in [2.45, 2.75) is 37.6 Å². The van der Waals surface area contributed by atoms with Crippen LogP contribution >= 0.6 is 0 Å². The van der Waals surface area contributed by atoms with E-state index in [9.17, 15) is 18.5 Å². The molecule has 0 amide bonds. The number of rotatable bonds is 3. The lowest BCUT2D eigenvalue weighted by molar-refractivity contribution is -0.385. The minimum absolute atomic E-state index is 0.0979. The fourth-order valence-corrected chi connectivity index (χ4v) is 4.71. The zero-order valence-corrected chi connectivity index (χ0v) is 12.9. The summed E-state index contributed by atoms with van der Waals surface area (Å²) >= 11 is 0. The molecule has 1 unspecified atom stereocenters. The van der Waals surface area contributed by atoms with Crippen LogP contribution in [0.25, 0.3) is 0 Å². The standard InChI is InChI=1S/C13H19N3O4S/c1-9-6-12(16(17)18)7-10(2)13(9)21(19,20)15-5-3-4-11(14)8-15/h6-7,11H,3-5,8,14H2,1-2H3. The molecular weight excluding hydrogens is 294 g/mol. The molecule has 2 N–H and O–H groups in total. The highest BCUT2D eigenvalue weighted by atomic mass is 32.2. The molecule has 0 aromatic heterocycles. The first kappa shape index (κ1) is 15.9. The third-order valence-corrected chi connectivity index (χ3v) is 5.85. The average Bonchev–Trinajstić information content (AvgIpc) is 2.37. The Hall–Kier alpha value is -1.51. The van der Waals surface area contributed by atoms with Crippen LogP contribution < -0.4 is 5.73 Å². The molecule has 1 fully saturated rings. The number of sulfonamides is 1. The van der Waals surface area contributed by atoms with E-state index in [1.807, 2.05) is 0 Å². The van der Waals surface area contributed by atoms with Crippen molar-refractivity contribution in [3.8, 4) is 0 Å². The fraction of sp³-hybridized carbons (Fsp3) is 0.538. The first-order valence-corrected chi connectivity index (χ1v) is 8.19. The number of hydrogen-bond acceptors (Lipinski definition) is 5. The summed E-state index contributed by atoms with van der Waals surface area (Å²) in [6, 6.07) is 2.43. The highest BCUT2D eigenvalue weighted by molar-refractivity contribution is 7.89. The Labute approximate surface area is 123 Å². The Balaban J connectivity index is 2.47. The lowest BCUT2D eigenvalue weighted by Crippen LogP contribution is -2.45. The van der Waals surface area contributed by atoms with Gasteiger partial charge in [-0.15, -0.1) is 0 Å². The summed E-state index contributed by atoms with van der Waals surface area (Å²) in [5, 5.41) is 10.8. The minimum atomic E-state index is -3.67. The monoisotopic (exact) mass is 313 g/mol. The molecule has 21 heavy (non-hydrogen) atoms. The van der Waals surface area contributed by atoms with Gasteiger partial charge in [0.05, 0.1) is 9.82 Å². The molecule has 0 aliphatic carbocycles. The third kappa shape index (κ3) is 3.07. The van der Waals surface area contributed by atoms with Gasteiger partial charge in [0, 0.05) is 31.3 Å². The topological polar surface area (TPSA) is 107 Å². The first-order valence-electron chi connectivity index (χ1n) is 6.75. The van der Waals surface area contributed by atoms with Crippen molar-refractivity contribution in [2.24, 2.45) is 5.73 Å². The van der Waals surface area contributed by atoms with Crippen LogP contribution in [0.15, 0.2) is 17.0 Å². The van der Waals surface area contributed by atoms with Gasteiger partial charge in [-0.3, -0.25) is 10.1 Å². The van der Waals surface area contributed by atoms with Crippen molar-refractivity contribution in [1.29, 1.82) is 0 Å². The maximum Gasteiger partial charge on any atom is 0.270 e. The van der Waals surface area contributed by atoms with Crippen molar-refractivity contribution in [2.75, 3.05) is 13.1 Å². The van der Waals surface area contributed by atoms with E-state index in [1.165, 1.54) is 16.4 Å². The smallest absolute Gasteiger partial charge is 0.270 e. The number of hydrogen-bond donors (Lipinski definition) is 1. The minimum Gasteiger partial charge on any atom is -0.327 e. The Kier molecular flexibility index (Phi) is 4.31. The van der Waals surface area contributed by atoms with Crippen LogP contribution in [-0.2, 0) is 10.0 Å². The number of benzene rings is 1. The Bertz CT molecular complexity index is 649. The van der Waals surface area contributed by atoms with Crippen LogP contribution in [0.5, 0.6) is 0 Å². The van der Waals surface area contributed by atoms with Crippen LogP contribution in [-0.4, -0.2) is 36.8 Å². The SMILES string of the molecule is Cc1cc([N+](=O)[O-])cc(C)c1S(=O)(=O)N1CCCC(N)C1. The van der Waals surface area contributed by atoms with Crippen molar-refractivity contribution >= 4 is 15.7 Å². The van der Waals surface area contributed by atoms with E-state index in [4.69, 9.17) is 5.73 Å². The summed E-state index contributed by atoms with van der Waals surface area (Å²) in [7, 11) is -3.67. The number of nitrogens with two attached hydrogens (primary N) is 1. The molecule has 8 heteroatoms. The Morgan fingerprint density at radius 3 is 2.38 bits per heavy atom. The van der Waals surface area contributed by atoms with Gasteiger partial charge < -0.3 is 5.73 Å². The van der Waals surface area contributed by atoms with Gasteiger partial charge in [-0.1, -0.05) is 0 Å². The van der Waals surface area contributed by atoms with Crippen molar-refractivity contribution in [3.63, 3.8) is 0 Å². The normalized spacial score (nSPS) is 20.4. The highest BCUT2D eigenvalue weighted by Crippen LogP contribution is 2.29. The number of non-ortho nitro benzene ring substituents is 1. The van der Waals surface area contributed by atoms with Gasteiger partial charge in [0.25, 0.3) is 5.69 Å². The number of aryl methyl sites for hydroxylation is 2. The molecule has 1 aliphatic heterocycles. The van der Waals surface area contributed by atoms with E-state index < -0.39 is 14.9 Å². The van der Waals surface area contributed by atoms with E-state index >= 15 is 0 Å². The number of nitrogens with zero attached hydrogens (tertiary/aromatic N) is 2. The molecule has 1 aliphatic rings. The Morgan fingerprint density at radius 2 is 1.90 bits per heavy atom. The van der Waals surface area contributed by atoms with Gasteiger partial charge in [0.2, 0.25) is 10.0 Å². The van der Waals surface area contributed by atoms with Crippen LogP contribution in [0, 0.1) is 24.0 Å². The predicted molar refractivity (Wildman–Crippen MR) is 78.5 cm³/mol. The molecule has 2 rings (SSSR count). The summed E-state index contributed by atoms with van der Waals surface area (Å²) in [5.41, 5.74) is 6.53. The van der Waals surface area contributed by atoms with Gasteiger partial charge in [0.15, 0.2) is 0 Å². The second kappa shape index (κ2) is 5.70. The van der Waals surface area contributed by atoms with Gasteiger partial charge in [-0.2, -0.15) is 4.31 Å². The zero-order valence-electron chi connectivity index (χ0n) is 12.1. The van der Waals surface area contributed by atoms with Crippen LogP contribution in [0.3, 0.4) is 0 Å². The quantitative estimate of drug-likeness (QED) is 0.669. The number of nitro benzene ring substituents is 1. The summed E-state index contributed by atoms with van der Waals surface area (Å²) in [4.78, 5) is 10.5. The zero-order chi connectivity index (χ0) is 15.8. The molecule has 1 aromatic rings. The van der Waals surface area contributed by atoms with E-state index in [2.05, 4.69) is 0 Å². The van der Waals surface area contributed by atoms with Gasteiger partial charge in [-0.25, -0.2) is 8.42 Å². The molecule has 7 nitrogen and oxygen atoms in total. The summed E-state index contributed by atoms with van der Waals surface area (Å²) in [6.45, 7) is 3.89. The third-order valence-electron chi connectivity index (χ3n) is 3.67. The second-order valence-electron chi connectivity index (χ2n) is 5.43. The lowest BCUT2D eigenvalue weighted by Gasteiger charge is -2.30. The molecule has 1 aromatic carbocycles. The van der Waals surface area contributed by atoms with Crippen molar-refractivity contribution < 1.29 is 13.3 Å². The fourth-order valence-electron chi connectivity index (χ4n) is 2.76. The molecule has 116 valence electrons. The van der Waals surface area contributed by atoms with Gasteiger partial charge in [0.1, 0.15) is 0 Å². The largest absolute Gasteiger partial charge is 0.327 e. The van der Waals surface area contributed by atoms with Gasteiger partial charge in [-0.05, 0) is 37.8 Å². The van der Waals surface area contributed by atoms with Crippen LogP contribution in [0.1, 0.15) is 24.0 Å². The number of piperidine rings is 1. The Morgan fingerprint density at radius 1 is 1.33 bits per heavy atom. The van der Waals surface area contributed by atoms with Crippen LogP contribution in [0.4, 0.5) is 5.69 Å². The first-order chi connectivity index (χ1) is 9.73. The molecular formula is C13H19N3O4S. The maximum atomic E-state index is 12.8. The molecule has 0 spiro atoms. The molecule has 0 bridgehead atoms. The average molecular weight is 313 g/mol. The summed E-state index contributed by atoms with van der Waals surface area (Å²) in [5.74, 6) is 0. The van der Waals surface area contributed by atoms with Crippen molar-refractivity contribution in [3.05, 3.63) is 33.4 Å². The maximum absolute atomic E-state index is 12.8. The number of nitro groups is 1. The lowest BCUT2D eigenvalue weighted by atomic mass is 10.1. The molecule has 1 heterocycles. The second-order valence-corrected chi connectivity index (χ2v) is 7.31. The van der Waals surface area contributed by atoms with Crippen molar-refractivity contribution in [1.82, 2.24) is 4.31 Å². The highest BCUT2D eigenvalue weighted by Gasteiger charge is 2.32. The molecule has 0 radical (unpaired) electrons. The van der Waals surface area contributed by atoms with E-state index in [1.54, 1.807) is 13.8 Å². The summed E-state index contributed by atoms with van der Waals surface area (Å²) in [6.07, 6.45) is 1.54. The predicted octanol–water partition coefficient (Wildman–Crippen LogP) is 1.32. The van der Waals surface area contributed by atoms with E-state index in [-0.39, 0.29) is 23.2 Å². The molecule has 1 saturated heterocycles. The van der Waals surface area contributed by atoms with E-state index in [0.29, 0.717) is 17.7 Å². The van der Waals surface area contributed by atoms with Crippen LogP contribution in [0.2, 0.25) is 0 Å². The summed E-state index contributed by atoms with van der Waals surface area (Å²) < 4.78 is 26.9.